The van der Waals surface area contributed by atoms with Crippen molar-refractivity contribution in [2.24, 2.45) is 20.5 Å². The van der Waals surface area contributed by atoms with Crippen molar-refractivity contribution in [3.8, 4) is 0 Å². The van der Waals surface area contributed by atoms with Crippen LogP contribution in [0.3, 0.4) is 0 Å². The molecule has 0 aliphatic carbocycles. The maximum atomic E-state index is 4.42. The molecule has 0 saturated heterocycles. The summed E-state index contributed by atoms with van der Waals surface area (Å²) in [5.74, 6) is 1.61. The largest absolute Gasteiger partial charge is 0.347 e. The molecule has 1 rings (SSSR count). The SMILES string of the molecule is CN=NCN(C)c1nc(N(C)C)nc(N(C)CN=NC)n1. The molecule has 21 heavy (non-hydrogen) atoms. The van der Waals surface area contributed by atoms with Crippen molar-refractivity contribution in [2.75, 3.05) is 70.3 Å². The van der Waals surface area contributed by atoms with Crippen LogP contribution in [0.2, 0.25) is 0 Å². The first-order chi connectivity index (χ1) is 9.99. The maximum Gasteiger partial charge on any atom is 0.233 e. The van der Waals surface area contributed by atoms with E-state index in [9.17, 15) is 0 Å². The second kappa shape index (κ2) is 8.02. The summed E-state index contributed by atoms with van der Waals surface area (Å²) in [6.07, 6.45) is 0. The first-order valence-corrected chi connectivity index (χ1v) is 6.36. The highest BCUT2D eigenvalue weighted by atomic mass is 15.4. The molecule has 0 spiro atoms. The molecule has 1 heterocycles. The first-order valence-electron chi connectivity index (χ1n) is 6.36. The number of hydrogen-bond donors (Lipinski definition) is 0. The summed E-state index contributed by atoms with van der Waals surface area (Å²) in [4.78, 5) is 18.6. The highest BCUT2D eigenvalue weighted by Crippen LogP contribution is 2.16. The molecule has 0 fully saturated rings. The molecule has 0 amide bonds. The number of anilines is 3. The van der Waals surface area contributed by atoms with Gasteiger partial charge in [-0.1, -0.05) is 0 Å². The minimum atomic E-state index is 0.380. The van der Waals surface area contributed by atoms with Crippen LogP contribution in [0.5, 0.6) is 0 Å². The van der Waals surface area contributed by atoms with Crippen molar-refractivity contribution in [1.82, 2.24) is 15.0 Å². The summed E-state index contributed by atoms with van der Waals surface area (Å²) in [6.45, 7) is 0.760. The molecule has 1 aromatic heterocycles. The monoisotopic (exact) mass is 294 g/mol. The highest BCUT2D eigenvalue weighted by molar-refractivity contribution is 5.45. The van der Waals surface area contributed by atoms with Crippen LogP contribution in [-0.4, -0.2) is 70.6 Å². The van der Waals surface area contributed by atoms with Gasteiger partial charge in [0, 0.05) is 42.3 Å². The second-order valence-electron chi connectivity index (χ2n) is 4.49. The molecule has 0 N–H and O–H groups in total. The van der Waals surface area contributed by atoms with Gasteiger partial charge in [0.15, 0.2) is 0 Å². The van der Waals surface area contributed by atoms with E-state index in [0.717, 1.165) is 0 Å². The molecule has 0 aliphatic rings. The Hall–Kier alpha value is -2.39. The van der Waals surface area contributed by atoms with E-state index in [1.165, 1.54) is 0 Å². The second-order valence-corrected chi connectivity index (χ2v) is 4.49. The van der Waals surface area contributed by atoms with Crippen LogP contribution in [0.1, 0.15) is 0 Å². The Kier molecular flexibility index (Phi) is 6.37. The lowest BCUT2D eigenvalue weighted by Gasteiger charge is -2.20. The van der Waals surface area contributed by atoms with Gasteiger partial charge in [0.25, 0.3) is 0 Å². The van der Waals surface area contributed by atoms with Crippen LogP contribution in [0.15, 0.2) is 20.5 Å². The summed E-state index contributed by atoms with van der Waals surface area (Å²) in [6, 6.07) is 0. The summed E-state index contributed by atoms with van der Waals surface area (Å²) < 4.78 is 0. The zero-order valence-electron chi connectivity index (χ0n) is 13.4. The van der Waals surface area contributed by atoms with Crippen molar-refractivity contribution >= 4 is 17.8 Å². The van der Waals surface area contributed by atoms with Crippen molar-refractivity contribution in [3.63, 3.8) is 0 Å². The van der Waals surface area contributed by atoms with E-state index in [1.807, 2.05) is 33.1 Å². The Bertz CT molecular complexity index is 460. The van der Waals surface area contributed by atoms with Crippen LogP contribution in [-0.2, 0) is 0 Å². The molecule has 0 aromatic carbocycles. The van der Waals surface area contributed by atoms with E-state index >= 15 is 0 Å². The van der Waals surface area contributed by atoms with Crippen LogP contribution >= 0.6 is 0 Å². The van der Waals surface area contributed by atoms with Gasteiger partial charge in [0.1, 0.15) is 13.3 Å². The van der Waals surface area contributed by atoms with Crippen LogP contribution in [0, 0.1) is 0 Å². The summed E-state index contributed by atoms with van der Waals surface area (Å²) in [5.41, 5.74) is 0. The van der Waals surface area contributed by atoms with Gasteiger partial charge in [-0.3, -0.25) is 0 Å². The summed E-state index contributed by atoms with van der Waals surface area (Å²) in [7, 11) is 10.7. The zero-order valence-corrected chi connectivity index (χ0v) is 13.4. The number of azo groups is 2. The van der Waals surface area contributed by atoms with E-state index in [0.29, 0.717) is 31.2 Å². The van der Waals surface area contributed by atoms with Gasteiger partial charge in [-0.25, -0.2) is 0 Å². The van der Waals surface area contributed by atoms with E-state index in [-0.39, 0.29) is 0 Å². The van der Waals surface area contributed by atoms with Crippen molar-refractivity contribution in [2.45, 2.75) is 0 Å². The fourth-order valence-corrected chi connectivity index (χ4v) is 1.33. The average Bonchev–Trinajstić information content (AvgIpc) is 2.49. The fourth-order valence-electron chi connectivity index (χ4n) is 1.33. The van der Waals surface area contributed by atoms with Crippen molar-refractivity contribution in [3.05, 3.63) is 0 Å². The smallest absolute Gasteiger partial charge is 0.233 e. The Morgan fingerprint density at radius 2 is 1.10 bits per heavy atom. The molecule has 10 heteroatoms. The van der Waals surface area contributed by atoms with E-state index < -0.39 is 0 Å². The Labute approximate surface area is 124 Å². The molecule has 0 aliphatic heterocycles. The topological polar surface area (TPSA) is 97.8 Å². The standard InChI is InChI=1S/C11H22N10/c1-12-14-7-20(5)10-16-9(19(3)4)17-11(18-10)21(6)8-15-13-2/h7-8H2,1-6H3. The lowest BCUT2D eigenvalue weighted by molar-refractivity contribution is 0.786. The van der Waals surface area contributed by atoms with Crippen LogP contribution < -0.4 is 14.7 Å². The third kappa shape index (κ3) is 4.89. The molecular formula is C11H22N10. The number of hydrogen-bond acceptors (Lipinski definition) is 10. The van der Waals surface area contributed by atoms with Gasteiger partial charge < -0.3 is 14.7 Å². The lowest BCUT2D eigenvalue weighted by atomic mass is 10.6. The van der Waals surface area contributed by atoms with Gasteiger partial charge >= 0.3 is 0 Å². The number of aromatic nitrogens is 3. The predicted molar refractivity (Wildman–Crippen MR) is 82.3 cm³/mol. The molecule has 0 unspecified atom stereocenters. The summed E-state index contributed by atoms with van der Waals surface area (Å²) in [5, 5.41) is 15.3. The average molecular weight is 294 g/mol. The minimum absolute atomic E-state index is 0.380. The molecule has 0 saturated carbocycles. The molecule has 0 atom stereocenters. The molecule has 1 aromatic rings. The quantitative estimate of drug-likeness (QED) is 0.693. The molecule has 116 valence electrons. The number of rotatable bonds is 7. The molecule has 0 radical (unpaired) electrons. The maximum absolute atomic E-state index is 4.42. The van der Waals surface area contributed by atoms with Crippen molar-refractivity contribution in [1.29, 1.82) is 0 Å². The third-order valence-electron chi connectivity index (χ3n) is 2.52. The first kappa shape index (κ1) is 16.7. The van der Waals surface area contributed by atoms with E-state index in [2.05, 4.69) is 35.4 Å². The third-order valence-corrected chi connectivity index (χ3v) is 2.52. The molecular weight excluding hydrogens is 272 g/mol. The Balaban J connectivity index is 3.10. The summed E-state index contributed by atoms with van der Waals surface area (Å²) >= 11 is 0. The minimum Gasteiger partial charge on any atom is -0.347 e. The van der Waals surface area contributed by atoms with Gasteiger partial charge in [-0.15, -0.1) is 0 Å². The van der Waals surface area contributed by atoms with Crippen LogP contribution in [0.25, 0.3) is 0 Å². The van der Waals surface area contributed by atoms with Gasteiger partial charge in [-0.2, -0.15) is 35.4 Å². The van der Waals surface area contributed by atoms with E-state index in [4.69, 9.17) is 0 Å². The Morgan fingerprint density at radius 3 is 1.43 bits per heavy atom. The highest BCUT2D eigenvalue weighted by Gasteiger charge is 2.14. The fraction of sp³-hybridized carbons (Fsp3) is 0.727. The van der Waals surface area contributed by atoms with Crippen molar-refractivity contribution < 1.29 is 0 Å². The lowest BCUT2D eigenvalue weighted by Crippen LogP contribution is -2.26. The zero-order chi connectivity index (χ0) is 15.8. The predicted octanol–water partition coefficient (Wildman–Crippen LogP) is 0.889. The van der Waals surface area contributed by atoms with E-state index in [1.54, 1.807) is 23.9 Å². The Morgan fingerprint density at radius 1 is 0.714 bits per heavy atom. The molecule has 0 bridgehead atoms. The number of nitrogens with zero attached hydrogens (tertiary/aromatic N) is 10. The van der Waals surface area contributed by atoms with Gasteiger partial charge in [-0.05, 0) is 0 Å². The van der Waals surface area contributed by atoms with Crippen LogP contribution in [0.4, 0.5) is 17.8 Å². The molecule has 10 nitrogen and oxygen atoms in total. The van der Waals surface area contributed by atoms with Gasteiger partial charge in [0.2, 0.25) is 17.8 Å². The van der Waals surface area contributed by atoms with Gasteiger partial charge in [0.05, 0.1) is 0 Å². The normalized spacial score (nSPS) is 11.3.